The van der Waals surface area contributed by atoms with Gasteiger partial charge in [-0.2, -0.15) is 13.2 Å². The van der Waals surface area contributed by atoms with Gasteiger partial charge in [-0.25, -0.2) is 0 Å². The minimum Gasteiger partial charge on any atom is -0.465 e. The van der Waals surface area contributed by atoms with Gasteiger partial charge in [0.1, 0.15) is 6.04 Å². The van der Waals surface area contributed by atoms with Gasteiger partial charge in [0.25, 0.3) is 0 Å². The number of hydrogen-bond acceptors (Lipinski definition) is 3. The molecule has 0 aromatic carbocycles. The zero-order valence-electron chi connectivity index (χ0n) is 14.5. The van der Waals surface area contributed by atoms with Crippen molar-refractivity contribution >= 4 is 5.97 Å². The van der Waals surface area contributed by atoms with Crippen LogP contribution in [0.3, 0.4) is 0 Å². The lowest BCUT2D eigenvalue weighted by molar-refractivity contribution is -0.177. The molecule has 0 aliphatic carbocycles. The van der Waals surface area contributed by atoms with Crippen molar-refractivity contribution in [2.45, 2.75) is 90.3 Å². The molecular formula is C17H32F3NO2. The largest absolute Gasteiger partial charge is 0.465 e. The molecule has 0 bridgehead atoms. The van der Waals surface area contributed by atoms with Gasteiger partial charge in [-0.15, -0.1) is 0 Å². The van der Waals surface area contributed by atoms with Crippen molar-refractivity contribution < 1.29 is 22.7 Å². The highest BCUT2D eigenvalue weighted by Crippen LogP contribution is 2.28. The number of nitrogens with two attached hydrogens (primary N) is 1. The van der Waals surface area contributed by atoms with Gasteiger partial charge in [0.15, 0.2) is 0 Å². The van der Waals surface area contributed by atoms with Crippen molar-refractivity contribution in [2.24, 2.45) is 11.7 Å². The quantitative estimate of drug-likeness (QED) is 0.380. The van der Waals surface area contributed by atoms with E-state index >= 15 is 0 Å². The number of esters is 1. The maximum Gasteiger partial charge on any atom is 0.404 e. The lowest BCUT2D eigenvalue weighted by atomic mass is 9.93. The molecule has 138 valence electrons. The molecule has 2 N–H and O–H groups in total. The first kappa shape index (κ1) is 22.2. The van der Waals surface area contributed by atoms with Gasteiger partial charge >= 0.3 is 12.1 Å². The van der Waals surface area contributed by atoms with Crippen LogP contribution >= 0.6 is 0 Å². The number of halogens is 3. The standard InChI is InChI=1S/C17H32F3NO2/c1-3-5-7-8-9-10-11-12-14(15(21)17(18,19)20)16(22)23-13-6-4-2/h14-15H,3-13,21H2,1-2H3/t14-,15-/m0/s1. The van der Waals surface area contributed by atoms with E-state index in [1.165, 1.54) is 6.42 Å². The highest BCUT2D eigenvalue weighted by molar-refractivity contribution is 5.73. The van der Waals surface area contributed by atoms with Gasteiger partial charge < -0.3 is 10.5 Å². The molecule has 0 aromatic heterocycles. The van der Waals surface area contributed by atoms with E-state index in [1.54, 1.807) is 0 Å². The molecular weight excluding hydrogens is 307 g/mol. The van der Waals surface area contributed by atoms with Crippen LogP contribution in [0.5, 0.6) is 0 Å². The number of ether oxygens (including phenoxy) is 1. The highest BCUT2D eigenvalue weighted by Gasteiger charge is 2.45. The van der Waals surface area contributed by atoms with E-state index in [2.05, 4.69) is 6.92 Å². The number of unbranched alkanes of at least 4 members (excludes halogenated alkanes) is 7. The molecule has 0 rings (SSSR count). The molecule has 0 radical (unpaired) electrons. The maximum atomic E-state index is 12.8. The van der Waals surface area contributed by atoms with Crippen LogP contribution in [0.2, 0.25) is 0 Å². The summed E-state index contributed by atoms with van der Waals surface area (Å²) in [5.74, 6) is -2.10. The molecule has 0 fully saturated rings. The second-order valence-corrected chi connectivity index (χ2v) is 6.10. The molecule has 3 nitrogen and oxygen atoms in total. The van der Waals surface area contributed by atoms with Crippen molar-refractivity contribution in [3.63, 3.8) is 0 Å². The molecule has 0 aliphatic heterocycles. The first-order chi connectivity index (χ1) is 10.8. The second-order valence-electron chi connectivity index (χ2n) is 6.10. The average Bonchev–Trinajstić information content (AvgIpc) is 2.48. The molecule has 0 amide bonds. The number of alkyl halides is 3. The zero-order chi connectivity index (χ0) is 17.7. The summed E-state index contributed by atoms with van der Waals surface area (Å²) >= 11 is 0. The maximum absolute atomic E-state index is 12.8. The Hall–Kier alpha value is -0.780. The summed E-state index contributed by atoms with van der Waals surface area (Å²) in [4.78, 5) is 11.9. The van der Waals surface area contributed by atoms with Crippen LogP contribution in [0.15, 0.2) is 0 Å². The van der Waals surface area contributed by atoms with Crippen molar-refractivity contribution in [3.8, 4) is 0 Å². The average molecular weight is 339 g/mol. The third-order valence-corrected chi connectivity index (χ3v) is 3.98. The molecule has 0 aliphatic rings. The minimum atomic E-state index is -4.57. The van der Waals surface area contributed by atoms with Gasteiger partial charge in [0, 0.05) is 0 Å². The molecule has 23 heavy (non-hydrogen) atoms. The van der Waals surface area contributed by atoms with Gasteiger partial charge in [-0.05, 0) is 12.8 Å². The minimum absolute atomic E-state index is 0.138. The molecule has 0 aromatic rings. The van der Waals surface area contributed by atoms with Crippen LogP contribution in [-0.4, -0.2) is 24.8 Å². The molecule has 0 unspecified atom stereocenters. The Labute approximate surface area is 138 Å². The lowest BCUT2D eigenvalue weighted by Crippen LogP contribution is -2.47. The predicted octanol–water partition coefficient (Wildman–Crippen LogP) is 4.98. The molecule has 6 heteroatoms. The van der Waals surface area contributed by atoms with Crippen LogP contribution in [0.1, 0.15) is 78.1 Å². The fourth-order valence-corrected chi connectivity index (χ4v) is 2.42. The van der Waals surface area contributed by atoms with Crippen LogP contribution in [0, 0.1) is 5.92 Å². The summed E-state index contributed by atoms with van der Waals surface area (Å²) < 4.78 is 43.4. The van der Waals surface area contributed by atoms with Crippen LogP contribution < -0.4 is 5.73 Å². The molecule has 0 spiro atoms. The van der Waals surface area contributed by atoms with Crippen molar-refractivity contribution in [1.29, 1.82) is 0 Å². The Bertz CT molecular complexity index is 309. The number of carbonyl (C=O) groups is 1. The van der Waals surface area contributed by atoms with Gasteiger partial charge in [-0.1, -0.05) is 65.2 Å². The number of rotatable bonds is 13. The Morgan fingerprint density at radius 2 is 1.48 bits per heavy atom. The topological polar surface area (TPSA) is 52.3 Å². The SMILES string of the molecule is CCCCCCCCC[C@H](C(=O)OCCCC)[C@H](N)C(F)(F)F. The Kier molecular flexibility index (Phi) is 12.2. The highest BCUT2D eigenvalue weighted by atomic mass is 19.4. The molecule has 2 atom stereocenters. The molecule has 0 saturated carbocycles. The monoisotopic (exact) mass is 339 g/mol. The fourth-order valence-electron chi connectivity index (χ4n) is 2.42. The van der Waals surface area contributed by atoms with E-state index in [4.69, 9.17) is 10.5 Å². The number of hydrogen-bond donors (Lipinski definition) is 1. The first-order valence-corrected chi connectivity index (χ1v) is 8.83. The van der Waals surface area contributed by atoms with E-state index < -0.39 is 24.1 Å². The van der Waals surface area contributed by atoms with E-state index in [0.717, 1.165) is 38.5 Å². The van der Waals surface area contributed by atoms with Crippen molar-refractivity contribution in [1.82, 2.24) is 0 Å². The van der Waals surface area contributed by atoms with Crippen LogP contribution in [0.25, 0.3) is 0 Å². The fraction of sp³-hybridized carbons (Fsp3) is 0.941. The van der Waals surface area contributed by atoms with Gasteiger partial charge in [-0.3, -0.25) is 4.79 Å². The second kappa shape index (κ2) is 12.6. The smallest absolute Gasteiger partial charge is 0.404 e. The lowest BCUT2D eigenvalue weighted by Gasteiger charge is -2.24. The van der Waals surface area contributed by atoms with E-state index in [-0.39, 0.29) is 13.0 Å². The molecule has 0 heterocycles. The first-order valence-electron chi connectivity index (χ1n) is 8.83. The third-order valence-electron chi connectivity index (χ3n) is 3.98. The van der Waals surface area contributed by atoms with Crippen molar-refractivity contribution in [3.05, 3.63) is 0 Å². The predicted molar refractivity (Wildman–Crippen MR) is 86.0 cm³/mol. The summed E-state index contributed by atoms with van der Waals surface area (Å²) in [6.07, 6.45) is 4.01. The van der Waals surface area contributed by atoms with E-state index in [9.17, 15) is 18.0 Å². The van der Waals surface area contributed by atoms with E-state index in [0.29, 0.717) is 12.8 Å². The van der Waals surface area contributed by atoms with Gasteiger partial charge in [0.2, 0.25) is 0 Å². The summed E-state index contributed by atoms with van der Waals surface area (Å²) in [5.41, 5.74) is 5.25. The third kappa shape index (κ3) is 10.6. The Morgan fingerprint density at radius 3 is 2.00 bits per heavy atom. The zero-order valence-corrected chi connectivity index (χ0v) is 14.5. The summed E-state index contributed by atoms with van der Waals surface area (Å²) in [6.45, 7) is 4.21. The summed E-state index contributed by atoms with van der Waals surface area (Å²) in [6, 6.07) is -2.14. The number of carbonyl (C=O) groups excluding carboxylic acids is 1. The summed E-state index contributed by atoms with van der Waals surface area (Å²) in [7, 11) is 0. The van der Waals surface area contributed by atoms with Gasteiger partial charge in [0.05, 0.1) is 12.5 Å². The van der Waals surface area contributed by atoms with Crippen molar-refractivity contribution in [2.75, 3.05) is 6.61 Å². The normalized spacial score (nSPS) is 14.5. The Balaban J connectivity index is 4.30. The molecule has 0 saturated heterocycles. The Morgan fingerprint density at radius 1 is 0.957 bits per heavy atom. The van der Waals surface area contributed by atoms with Crippen LogP contribution in [-0.2, 0) is 9.53 Å². The summed E-state index contributed by atoms with van der Waals surface area (Å²) in [5, 5.41) is 0. The van der Waals surface area contributed by atoms with E-state index in [1.807, 2.05) is 6.92 Å². The van der Waals surface area contributed by atoms with Crippen LogP contribution in [0.4, 0.5) is 13.2 Å².